The molecule has 2 N–H and O–H groups in total. The first kappa shape index (κ1) is 10.7. The van der Waals surface area contributed by atoms with Crippen LogP contribution in [0.25, 0.3) is 0 Å². The van der Waals surface area contributed by atoms with Crippen LogP contribution in [-0.4, -0.2) is 22.1 Å². The summed E-state index contributed by atoms with van der Waals surface area (Å²) in [6, 6.07) is 1.45. The van der Waals surface area contributed by atoms with Crippen LogP contribution in [0.4, 0.5) is 0 Å². The molecular formula is C10H14N2O2. The molecule has 0 saturated carbocycles. The maximum Gasteiger partial charge on any atom is 0.320 e. The number of hydrogen-bond acceptors (Lipinski definition) is 3. The predicted octanol–water partition coefficient (Wildman–Crippen LogP) is 0.953. The highest BCUT2D eigenvalue weighted by atomic mass is 16.4. The predicted molar refractivity (Wildman–Crippen MR) is 52.9 cm³/mol. The quantitative estimate of drug-likeness (QED) is 0.749. The summed E-state index contributed by atoms with van der Waals surface area (Å²) in [4.78, 5) is 14.5. The van der Waals surface area contributed by atoms with Gasteiger partial charge in [0.15, 0.2) is 0 Å². The minimum absolute atomic E-state index is 0.530. The van der Waals surface area contributed by atoms with E-state index in [-0.39, 0.29) is 0 Å². The second-order valence-corrected chi connectivity index (χ2v) is 3.31. The van der Waals surface area contributed by atoms with Crippen LogP contribution in [0.5, 0.6) is 0 Å². The van der Waals surface area contributed by atoms with Gasteiger partial charge in [-0.15, -0.1) is 0 Å². The molecule has 1 atom stereocenters. The molecule has 0 aromatic carbocycles. The summed E-state index contributed by atoms with van der Waals surface area (Å²) in [5, 5.41) is 11.5. The van der Waals surface area contributed by atoms with Gasteiger partial charge in [0.25, 0.3) is 0 Å². The maximum absolute atomic E-state index is 10.5. The molecule has 1 heterocycles. The number of nitrogens with zero attached hydrogens (tertiary/aromatic N) is 1. The number of pyridine rings is 1. The van der Waals surface area contributed by atoms with E-state index in [0.717, 1.165) is 11.1 Å². The summed E-state index contributed by atoms with van der Waals surface area (Å²) in [7, 11) is 0. The molecule has 0 bridgehead atoms. The molecular weight excluding hydrogens is 180 g/mol. The van der Waals surface area contributed by atoms with Crippen LogP contribution in [0.15, 0.2) is 18.5 Å². The van der Waals surface area contributed by atoms with Crippen LogP contribution in [0.3, 0.4) is 0 Å². The van der Waals surface area contributed by atoms with Gasteiger partial charge in [0.2, 0.25) is 0 Å². The lowest BCUT2D eigenvalue weighted by Gasteiger charge is -2.08. The number of nitrogens with one attached hydrogen (secondary N) is 1. The second-order valence-electron chi connectivity index (χ2n) is 3.31. The average molecular weight is 194 g/mol. The van der Waals surface area contributed by atoms with Gasteiger partial charge in [-0.25, -0.2) is 0 Å². The first-order valence-electron chi connectivity index (χ1n) is 4.46. The van der Waals surface area contributed by atoms with E-state index in [9.17, 15) is 4.79 Å². The molecule has 0 fully saturated rings. The van der Waals surface area contributed by atoms with Gasteiger partial charge in [0.1, 0.15) is 6.04 Å². The molecule has 76 valence electrons. The fourth-order valence-corrected chi connectivity index (χ4v) is 1.07. The summed E-state index contributed by atoms with van der Waals surface area (Å²) in [6.07, 6.45) is 3.50. The zero-order valence-corrected chi connectivity index (χ0v) is 8.32. The van der Waals surface area contributed by atoms with E-state index in [1.165, 1.54) is 0 Å². The van der Waals surface area contributed by atoms with Gasteiger partial charge in [0, 0.05) is 18.9 Å². The largest absolute Gasteiger partial charge is 0.480 e. The van der Waals surface area contributed by atoms with Gasteiger partial charge in [0.05, 0.1) is 0 Å². The summed E-state index contributed by atoms with van der Waals surface area (Å²) < 4.78 is 0. The number of rotatable bonds is 4. The lowest BCUT2D eigenvalue weighted by atomic mass is 10.2. The zero-order chi connectivity index (χ0) is 10.6. The Labute approximate surface area is 83.0 Å². The summed E-state index contributed by atoms with van der Waals surface area (Å²) in [6.45, 7) is 4.10. The van der Waals surface area contributed by atoms with E-state index in [2.05, 4.69) is 10.3 Å². The SMILES string of the molecule is Cc1cncc(CNC(C)C(=O)O)c1. The van der Waals surface area contributed by atoms with Crippen molar-refractivity contribution in [3.8, 4) is 0 Å². The molecule has 1 rings (SSSR count). The van der Waals surface area contributed by atoms with Gasteiger partial charge in [-0.05, 0) is 25.0 Å². The lowest BCUT2D eigenvalue weighted by Crippen LogP contribution is -2.33. The van der Waals surface area contributed by atoms with Crippen LogP contribution < -0.4 is 5.32 Å². The number of aliphatic carboxylic acids is 1. The number of hydrogen-bond donors (Lipinski definition) is 2. The first-order valence-corrected chi connectivity index (χ1v) is 4.46. The summed E-state index contributed by atoms with van der Waals surface area (Å²) in [5.74, 6) is -0.842. The van der Waals surface area contributed by atoms with Crippen LogP contribution >= 0.6 is 0 Å². The Kier molecular flexibility index (Phi) is 3.59. The van der Waals surface area contributed by atoms with Gasteiger partial charge in [-0.2, -0.15) is 0 Å². The van der Waals surface area contributed by atoms with Gasteiger partial charge < -0.3 is 10.4 Å². The van der Waals surface area contributed by atoms with E-state index < -0.39 is 12.0 Å². The third-order valence-corrected chi connectivity index (χ3v) is 1.91. The average Bonchev–Trinajstić information content (AvgIpc) is 2.14. The zero-order valence-electron chi connectivity index (χ0n) is 8.32. The minimum atomic E-state index is -0.842. The molecule has 1 unspecified atom stereocenters. The fraction of sp³-hybridized carbons (Fsp3) is 0.400. The molecule has 0 spiro atoms. The normalized spacial score (nSPS) is 12.4. The molecule has 14 heavy (non-hydrogen) atoms. The maximum atomic E-state index is 10.5. The highest BCUT2D eigenvalue weighted by molar-refractivity contribution is 5.72. The highest BCUT2D eigenvalue weighted by Crippen LogP contribution is 2.00. The third kappa shape index (κ3) is 3.14. The van der Waals surface area contributed by atoms with Crippen molar-refractivity contribution in [3.63, 3.8) is 0 Å². The minimum Gasteiger partial charge on any atom is -0.480 e. The lowest BCUT2D eigenvalue weighted by molar-refractivity contribution is -0.139. The number of aromatic nitrogens is 1. The Morgan fingerprint density at radius 3 is 2.93 bits per heavy atom. The topological polar surface area (TPSA) is 62.2 Å². The molecule has 0 aliphatic rings. The molecule has 0 saturated heterocycles. The van der Waals surface area contributed by atoms with Crippen molar-refractivity contribution in [1.29, 1.82) is 0 Å². The van der Waals surface area contributed by atoms with Crippen molar-refractivity contribution in [2.45, 2.75) is 26.4 Å². The van der Waals surface area contributed by atoms with Crippen molar-refractivity contribution < 1.29 is 9.90 Å². The Balaban J connectivity index is 2.49. The Hall–Kier alpha value is -1.42. The monoisotopic (exact) mass is 194 g/mol. The number of aryl methyl sites for hydroxylation is 1. The standard InChI is InChI=1S/C10H14N2O2/c1-7-3-9(5-11-4-7)6-12-8(2)10(13)14/h3-5,8,12H,6H2,1-2H3,(H,13,14). The number of carboxylic acids is 1. The molecule has 0 radical (unpaired) electrons. The highest BCUT2D eigenvalue weighted by Gasteiger charge is 2.08. The van der Waals surface area contributed by atoms with Crippen LogP contribution in [0.1, 0.15) is 18.1 Å². The van der Waals surface area contributed by atoms with E-state index in [1.54, 1.807) is 19.3 Å². The van der Waals surface area contributed by atoms with E-state index >= 15 is 0 Å². The summed E-state index contributed by atoms with van der Waals surface area (Å²) >= 11 is 0. The molecule has 4 nitrogen and oxygen atoms in total. The van der Waals surface area contributed by atoms with Gasteiger partial charge >= 0.3 is 5.97 Å². The third-order valence-electron chi connectivity index (χ3n) is 1.91. The molecule has 1 aromatic rings. The van der Waals surface area contributed by atoms with E-state index in [4.69, 9.17) is 5.11 Å². The molecule has 0 amide bonds. The van der Waals surface area contributed by atoms with Crippen LogP contribution in [-0.2, 0) is 11.3 Å². The van der Waals surface area contributed by atoms with Crippen molar-refractivity contribution >= 4 is 5.97 Å². The van der Waals surface area contributed by atoms with Crippen LogP contribution in [0, 0.1) is 6.92 Å². The Morgan fingerprint density at radius 1 is 1.64 bits per heavy atom. The summed E-state index contributed by atoms with van der Waals surface area (Å²) in [5.41, 5.74) is 2.07. The van der Waals surface area contributed by atoms with Gasteiger partial charge in [-0.3, -0.25) is 9.78 Å². The van der Waals surface area contributed by atoms with E-state index in [1.807, 2.05) is 13.0 Å². The fourth-order valence-electron chi connectivity index (χ4n) is 1.07. The van der Waals surface area contributed by atoms with Crippen LogP contribution in [0.2, 0.25) is 0 Å². The molecule has 0 aliphatic carbocycles. The van der Waals surface area contributed by atoms with Crippen molar-refractivity contribution in [1.82, 2.24) is 10.3 Å². The number of carbonyl (C=O) groups is 1. The molecule has 4 heteroatoms. The Bertz CT molecular complexity index is 326. The van der Waals surface area contributed by atoms with Crippen molar-refractivity contribution in [3.05, 3.63) is 29.6 Å². The first-order chi connectivity index (χ1) is 6.59. The smallest absolute Gasteiger partial charge is 0.320 e. The number of carboxylic acid groups (broad SMARTS) is 1. The van der Waals surface area contributed by atoms with Crippen molar-refractivity contribution in [2.75, 3.05) is 0 Å². The molecule has 1 aromatic heterocycles. The van der Waals surface area contributed by atoms with E-state index in [0.29, 0.717) is 6.54 Å². The van der Waals surface area contributed by atoms with Crippen molar-refractivity contribution in [2.24, 2.45) is 0 Å². The molecule has 0 aliphatic heterocycles. The second kappa shape index (κ2) is 4.72. The van der Waals surface area contributed by atoms with Gasteiger partial charge in [-0.1, -0.05) is 6.07 Å². The Morgan fingerprint density at radius 2 is 2.36 bits per heavy atom.